The minimum atomic E-state index is -6.97. The summed E-state index contributed by atoms with van der Waals surface area (Å²) in [6.07, 6.45) is -7.23. The summed E-state index contributed by atoms with van der Waals surface area (Å²) in [6.45, 7) is 2.53. The number of halogens is 9. The molecule has 0 saturated carbocycles. The van der Waals surface area contributed by atoms with E-state index in [1.165, 1.54) is 12.1 Å². The summed E-state index contributed by atoms with van der Waals surface area (Å²) in [5.74, 6) is -19.6. The molecule has 0 radical (unpaired) electrons. The molecule has 1 rings (SSSR count). The van der Waals surface area contributed by atoms with E-state index in [4.69, 9.17) is 0 Å². The second kappa shape index (κ2) is 7.52. The Morgan fingerprint density at radius 2 is 1.44 bits per heavy atom. The molecule has 1 N–H and O–H groups in total. The van der Waals surface area contributed by atoms with Gasteiger partial charge < -0.3 is 5.11 Å². The minimum absolute atomic E-state index is 0.290. The first-order valence-corrected chi connectivity index (χ1v) is 8.01. The van der Waals surface area contributed by atoms with Crippen molar-refractivity contribution in [3.05, 3.63) is 35.4 Å². The molecule has 156 valence electrons. The van der Waals surface area contributed by atoms with Crippen molar-refractivity contribution in [2.24, 2.45) is 0 Å². The lowest BCUT2D eigenvalue weighted by Crippen LogP contribution is -2.62. The number of hydrogen-bond donors (Lipinski definition) is 1. The van der Waals surface area contributed by atoms with Crippen molar-refractivity contribution in [3.8, 4) is 0 Å². The van der Waals surface area contributed by atoms with Gasteiger partial charge >= 0.3 is 23.9 Å². The standard InChI is InChI=1S/C17H19F9O/c1-3-4-6-11-7-5-8-12(9-11)13(2,27)10-14(18,19)15(20,21)16(22,23)17(24,25)26/h5,7-9,27H,3-4,6,10H2,1-2H3. The molecule has 0 spiro atoms. The highest BCUT2D eigenvalue weighted by Gasteiger charge is 2.81. The van der Waals surface area contributed by atoms with Crippen LogP contribution in [-0.4, -0.2) is 29.1 Å². The van der Waals surface area contributed by atoms with Gasteiger partial charge in [0.2, 0.25) is 0 Å². The molecule has 0 aliphatic carbocycles. The summed E-state index contributed by atoms with van der Waals surface area (Å²) in [5.41, 5.74) is -2.48. The number of benzene rings is 1. The van der Waals surface area contributed by atoms with Crippen molar-refractivity contribution in [2.75, 3.05) is 0 Å². The van der Waals surface area contributed by atoms with Crippen LogP contribution in [-0.2, 0) is 12.0 Å². The van der Waals surface area contributed by atoms with Crippen LogP contribution in [0.5, 0.6) is 0 Å². The van der Waals surface area contributed by atoms with Crippen molar-refractivity contribution in [1.82, 2.24) is 0 Å². The van der Waals surface area contributed by atoms with Gasteiger partial charge in [0.1, 0.15) is 0 Å². The molecule has 0 amide bonds. The Morgan fingerprint density at radius 1 is 0.889 bits per heavy atom. The SMILES string of the molecule is CCCCc1cccc(C(C)(O)CC(F)(F)C(F)(F)C(F)(F)C(F)(F)F)c1. The van der Waals surface area contributed by atoms with Gasteiger partial charge in [-0.3, -0.25) is 0 Å². The summed E-state index contributed by atoms with van der Waals surface area (Å²) < 4.78 is 117. The van der Waals surface area contributed by atoms with E-state index >= 15 is 0 Å². The lowest BCUT2D eigenvalue weighted by Gasteiger charge is -2.37. The molecule has 0 heterocycles. The maximum atomic E-state index is 13.8. The van der Waals surface area contributed by atoms with Gasteiger partial charge in [-0.2, -0.15) is 39.5 Å². The zero-order valence-corrected chi connectivity index (χ0v) is 14.5. The molecule has 27 heavy (non-hydrogen) atoms. The molecule has 0 fully saturated rings. The van der Waals surface area contributed by atoms with E-state index in [0.717, 1.165) is 12.5 Å². The summed E-state index contributed by atoms with van der Waals surface area (Å²) in [4.78, 5) is 0. The first kappa shape index (κ1) is 23.6. The van der Waals surface area contributed by atoms with Gasteiger partial charge in [-0.15, -0.1) is 0 Å². The minimum Gasteiger partial charge on any atom is -0.385 e. The van der Waals surface area contributed by atoms with Crippen molar-refractivity contribution in [2.45, 2.75) is 69.1 Å². The Bertz CT molecular complexity index is 636. The van der Waals surface area contributed by atoms with Gasteiger partial charge in [-0.05, 0) is 30.9 Å². The maximum absolute atomic E-state index is 13.8. The summed E-state index contributed by atoms with van der Waals surface area (Å²) in [5, 5.41) is 10.2. The zero-order valence-electron chi connectivity index (χ0n) is 14.5. The van der Waals surface area contributed by atoms with Gasteiger partial charge in [0.15, 0.2) is 0 Å². The Hall–Kier alpha value is -1.45. The summed E-state index contributed by atoms with van der Waals surface area (Å²) >= 11 is 0. The molecule has 0 aromatic heterocycles. The Labute approximate surface area is 150 Å². The normalized spacial score (nSPS) is 16.3. The molecular formula is C17H19F9O. The van der Waals surface area contributed by atoms with Gasteiger partial charge in [-0.1, -0.05) is 37.6 Å². The maximum Gasteiger partial charge on any atom is 0.460 e. The molecule has 1 nitrogen and oxygen atoms in total. The third kappa shape index (κ3) is 4.70. The number of aliphatic hydroxyl groups is 1. The lowest BCUT2D eigenvalue weighted by molar-refractivity contribution is -0.400. The number of aryl methyl sites for hydroxylation is 1. The first-order valence-electron chi connectivity index (χ1n) is 8.01. The molecule has 1 atom stereocenters. The highest BCUT2D eigenvalue weighted by molar-refractivity contribution is 5.28. The van der Waals surface area contributed by atoms with E-state index in [2.05, 4.69) is 0 Å². The average molecular weight is 410 g/mol. The summed E-state index contributed by atoms with van der Waals surface area (Å²) in [6, 6.07) is 5.26. The monoisotopic (exact) mass is 410 g/mol. The highest BCUT2D eigenvalue weighted by atomic mass is 19.4. The van der Waals surface area contributed by atoms with Crippen molar-refractivity contribution in [1.29, 1.82) is 0 Å². The molecule has 0 bridgehead atoms. The quantitative estimate of drug-likeness (QED) is 0.514. The fraction of sp³-hybridized carbons (Fsp3) is 0.647. The summed E-state index contributed by atoms with van der Waals surface area (Å²) in [7, 11) is 0. The van der Waals surface area contributed by atoms with E-state index in [9.17, 15) is 44.6 Å². The van der Waals surface area contributed by atoms with Crippen LogP contribution < -0.4 is 0 Å². The molecule has 0 saturated heterocycles. The Morgan fingerprint density at radius 3 is 1.93 bits per heavy atom. The predicted octanol–water partition coefficient (Wildman–Crippen LogP) is 6.10. The van der Waals surface area contributed by atoms with Gasteiger partial charge in [-0.25, -0.2) is 0 Å². The van der Waals surface area contributed by atoms with Crippen LogP contribution >= 0.6 is 0 Å². The Kier molecular flexibility index (Phi) is 6.57. The van der Waals surface area contributed by atoms with Crippen molar-refractivity contribution in [3.63, 3.8) is 0 Å². The van der Waals surface area contributed by atoms with E-state index in [-0.39, 0.29) is 5.56 Å². The average Bonchev–Trinajstić information content (AvgIpc) is 2.50. The van der Waals surface area contributed by atoms with Crippen LogP contribution in [0.3, 0.4) is 0 Å². The predicted molar refractivity (Wildman–Crippen MR) is 80.1 cm³/mol. The molecule has 1 unspecified atom stereocenters. The number of alkyl halides is 9. The molecule has 0 aliphatic rings. The smallest absolute Gasteiger partial charge is 0.385 e. The van der Waals surface area contributed by atoms with Crippen LogP contribution in [0.2, 0.25) is 0 Å². The number of hydrogen-bond acceptors (Lipinski definition) is 1. The van der Waals surface area contributed by atoms with Gasteiger partial charge in [0, 0.05) is 0 Å². The number of unbranched alkanes of at least 4 members (excludes halogenated alkanes) is 1. The molecule has 1 aromatic rings. The van der Waals surface area contributed by atoms with Crippen LogP contribution in [0, 0.1) is 0 Å². The highest BCUT2D eigenvalue weighted by Crippen LogP contribution is 2.55. The largest absolute Gasteiger partial charge is 0.460 e. The van der Waals surface area contributed by atoms with E-state index in [0.29, 0.717) is 25.3 Å². The molecule has 0 aliphatic heterocycles. The second-order valence-corrected chi connectivity index (χ2v) is 6.61. The molecular weight excluding hydrogens is 391 g/mol. The van der Waals surface area contributed by atoms with Gasteiger partial charge in [0.05, 0.1) is 12.0 Å². The van der Waals surface area contributed by atoms with Crippen molar-refractivity contribution < 1.29 is 44.6 Å². The third-order valence-electron chi connectivity index (χ3n) is 4.14. The topological polar surface area (TPSA) is 20.2 Å². The van der Waals surface area contributed by atoms with E-state index < -0.39 is 36.0 Å². The molecule has 1 aromatic carbocycles. The lowest BCUT2D eigenvalue weighted by atomic mass is 9.85. The zero-order chi connectivity index (χ0) is 21.3. The van der Waals surface area contributed by atoms with Crippen LogP contribution in [0.15, 0.2) is 24.3 Å². The van der Waals surface area contributed by atoms with E-state index in [1.54, 1.807) is 6.07 Å². The van der Waals surface area contributed by atoms with E-state index in [1.807, 2.05) is 6.92 Å². The third-order valence-corrected chi connectivity index (χ3v) is 4.14. The van der Waals surface area contributed by atoms with Crippen molar-refractivity contribution >= 4 is 0 Å². The van der Waals surface area contributed by atoms with Crippen LogP contribution in [0.4, 0.5) is 39.5 Å². The van der Waals surface area contributed by atoms with Gasteiger partial charge in [0.25, 0.3) is 0 Å². The molecule has 10 heteroatoms. The second-order valence-electron chi connectivity index (χ2n) is 6.61. The van der Waals surface area contributed by atoms with Crippen LogP contribution in [0.25, 0.3) is 0 Å². The van der Waals surface area contributed by atoms with Crippen LogP contribution in [0.1, 0.15) is 44.2 Å². The number of rotatable bonds is 8. The Balaban J connectivity index is 3.19. The first-order chi connectivity index (χ1) is 12.0. The fourth-order valence-electron chi connectivity index (χ4n) is 2.50. The fourth-order valence-corrected chi connectivity index (χ4v) is 2.50.